The summed E-state index contributed by atoms with van der Waals surface area (Å²) in [4.78, 5) is 14.4. The average molecular weight is 595 g/mol. The van der Waals surface area contributed by atoms with Crippen LogP contribution in [0.2, 0.25) is 0 Å². The first kappa shape index (κ1) is 31.6. The van der Waals surface area contributed by atoms with E-state index < -0.39 is 21.3 Å². The maximum atomic E-state index is 12.8. The fraction of sp³-hybridized carbons (Fsp3) is 0.970. The molecule has 7 nitrogen and oxygen atoms in total. The topological polar surface area (TPSA) is 107 Å². The second kappa shape index (κ2) is 11.9. The smallest absolute Gasteiger partial charge is 0.330 e. The summed E-state index contributed by atoms with van der Waals surface area (Å²) in [6.45, 7) is 10.1. The van der Waals surface area contributed by atoms with Crippen molar-refractivity contribution in [3.8, 4) is 0 Å². The first-order valence-electron chi connectivity index (χ1n) is 17.0. The van der Waals surface area contributed by atoms with Gasteiger partial charge >= 0.3 is 6.03 Å². The van der Waals surface area contributed by atoms with Gasteiger partial charge in [0.05, 0.1) is 17.5 Å². The van der Waals surface area contributed by atoms with Gasteiger partial charge in [0.25, 0.3) is 0 Å². The molecule has 0 aromatic rings. The van der Waals surface area contributed by atoms with Crippen molar-refractivity contribution in [1.82, 2.24) is 9.62 Å². The quantitative estimate of drug-likeness (QED) is 0.338. The molecule has 5 aliphatic carbocycles. The summed E-state index contributed by atoms with van der Waals surface area (Å²) in [5.74, 6) is 3.04. The maximum absolute atomic E-state index is 12.8. The van der Waals surface area contributed by atoms with Gasteiger partial charge in [-0.3, -0.25) is 0 Å². The van der Waals surface area contributed by atoms with E-state index in [0.29, 0.717) is 54.9 Å². The van der Waals surface area contributed by atoms with Crippen molar-refractivity contribution in [1.29, 1.82) is 0 Å². The molecule has 0 spiro atoms. The lowest BCUT2D eigenvalue weighted by atomic mass is 9.41. The van der Waals surface area contributed by atoms with Crippen LogP contribution < -0.4 is 4.72 Å². The molecule has 236 valence electrons. The number of fused-ring (bicyclic) bond motifs is 5. The predicted molar refractivity (Wildman–Crippen MR) is 163 cm³/mol. The van der Waals surface area contributed by atoms with Gasteiger partial charge in [0, 0.05) is 13.6 Å². The third kappa shape index (κ3) is 5.61. The fourth-order valence-electron chi connectivity index (χ4n) is 11.3. The number of nitrogens with one attached hydrogen (secondary N) is 1. The Bertz CT molecular complexity index is 1050. The number of nitrogens with zero attached hydrogens (tertiary/aromatic N) is 1. The summed E-state index contributed by atoms with van der Waals surface area (Å²) in [5.41, 5.74) is 0.394. The van der Waals surface area contributed by atoms with Gasteiger partial charge in [-0.05, 0) is 116 Å². The minimum atomic E-state index is -3.63. The van der Waals surface area contributed by atoms with E-state index in [9.17, 15) is 23.4 Å². The van der Waals surface area contributed by atoms with Crippen LogP contribution >= 0.6 is 0 Å². The molecule has 0 saturated heterocycles. The summed E-state index contributed by atoms with van der Waals surface area (Å²) < 4.78 is 27.9. The highest BCUT2D eigenvalue weighted by atomic mass is 32.2. The van der Waals surface area contributed by atoms with Crippen molar-refractivity contribution in [3.63, 3.8) is 0 Å². The molecule has 5 rings (SSSR count). The normalized spacial score (nSPS) is 43.9. The van der Waals surface area contributed by atoms with Crippen LogP contribution in [0.5, 0.6) is 0 Å². The Morgan fingerprint density at radius 2 is 1.61 bits per heavy atom. The molecule has 5 saturated carbocycles. The molecular weight excluding hydrogens is 536 g/mol. The van der Waals surface area contributed by atoms with E-state index in [0.717, 1.165) is 51.4 Å². The van der Waals surface area contributed by atoms with E-state index in [1.165, 1.54) is 25.7 Å². The van der Waals surface area contributed by atoms with Gasteiger partial charge in [-0.1, -0.05) is 53.4 Å². The first-order valence-corrected chi connectivity index (χ1v) is 18.5. The second-order valence-corrected chi connectivity index (χ2v) is 17.5. The van der Waals surface area contributed by atoms with E-state index in [-0.39, 0.29) is 29.0 Å². The summed E-state index contributed by atoms with van der Waals surface area (Å²) in [6.07, 6.45) is 13.0. The van der Waals surface area contributed by atoms with Crippen molar-refractivity contribution in [3.05, 3.63) is 0 Å². The monoisotopic (exact) mass is 594 g/mol. The number of amides is 2. The van der Waals surface area contributed by atoms with Gasteiger partial charge < -0.3 is 15.1 Å². The Labute approximate surface area is 249 Å². The lowest BCUT2D eigenvalue weighted by Gasteiger charge is -2.64. The molecular formula is C33H58N2O5S. The van der Waals surface area contributed by atoms with E-state index in [1.54, 1.807) is 11.9 Å². The number of urea groups is 1. The predicted octanol–water partition coefficient (Wildman–Crippen LogP) is 5.94. The SMILES string of the molecule is CC[C@@H]1C2C[C@H](O)CCC2(C)[C@H]2CCC3(C)[C@@H]([C@H](C)CCN(C)C(=O)NS(=O)(=O)C4CCCCC4)CC[C@H]3[C@@H]2[C@@H]1O. The molecule has 0 heterocycles. The van der Waals surface area contributed by atoms with Crippen LogP contribution in [-0.2, 0) is 10.0 Å². The van der Waals surface area contributed by atoms with Crippen LogP contribution in [0, 0.1) is 52.3 Å². The number of hydrogen-bond donors (Lipinski definition) is 3. The van der Waals surface area contributed by atoms with Crippen molar-refractivity contribution < 1.29 is 23.4 Å². The number of carbonyl (C=O) groups excluding carboxylic acids is 1. The Balaban J connectivity index is 1.23. The standard InChI is InChI=1S/C33H58N2O5S/c1-6-24-28-20-22(36)14-17-33(28,4)27-15-18-32(3)25(12-13-26(32)29(27)30(24)37)21(2)16-19-35(5)31(38)34-41(39,40)23-10-8-7-9-11-23/h21-30,36-37H,6-20H2,1-5H3,(H,34,38)/t21-,22-,24-,25-,26+,27+,28?,29+,30-,32?,33?/m1/s1. The molecule has 11 atom stereocenters. The highest BCUT2D eigenvalue weighted by Crippen LogP contribution is 2.69. The molecule has 0 bridgehead atoms. The molecule has 8 heteroatoms. The zero-order chi connectivity index (χ0) is 29.7. The number of rotatable bonds is 7. The van der Waals surface area contributed by atoms with Gasteiger partial charge in [-0.15, -0.1) is 0 Å². The summed E-state index contributed by atoms with van der Waals surface area (Å²) >= 11 is 0. The largest absolute Gasteiger partial charge is 0.393 e. The van der Waals surface area contributed by atoms with Crippen LogP contribution in [0.15, 0.2) is 0 Å². The summed E-state index contributed by atoms with van der Waals surface area (Å²) in [5, 5.41) is 22.0. The summed E-state index contributed by atoms with van der Waals surface area (Å²) in [6, 6.07) is -0.505. The Kier molecular flexibility index (Phi) is 9.17. The molecule has 0 aromatic heterocycles. The third-order valence-corrected chi connectivity index (χ3v) is 15.4. The van der Waals surface area contributed by atoms with E-state index in [1.807, 2.05) is 0 Å². The number of carbonyl (C=O) groups is 1. The number of hydrogen-bond acceptors (Lipinski definition) is 5. The lowest BCUT2D eigenvalue weighted by molar-refractivity contribution is -0.203. The van der Waals surface area contributed by atoms with Crippen molar-refractivity contribution in [2.24, 2.45) is 52.3 Å². The van der Waals surface area contributed by atoms with Crippen LogP contribution in [0.3, 0.4) is 0 Å². The third-order valence-electron chi connectivity index (χ3n) is 13.6. The molecule has 5 aliphatic rings. The molecule has 0 aromatic carbocycles. The Hall–Kier alpha value is -0.860. The zero-order valence-electron chi connectivity index (χ0n) is 26.4. The minimum absolute atomic E-state index is 0.183. The molecule has 0 aliphatic heterocycles. The van der Waals surface area contributed by atoms with Gasteiger partial charge in [0.2, 0.25) is 10.0 Å². The maximum Gasteiger partial charge on any atom is 0.330 e. The molecule has 41 heavy (non-hydrogen) atoms. The average Bonchev–Trinajstić information content (AvgIpc) is 3.30. The van der Waals surface area contributed by atoms with E-state index >= 15 is 0 Å². The molecule has 5 fully saturated rings. The Morgan fingerprint density at radius 1 is 0.951 bits per heavy atom. The highest BCUT2D eigenvalue weighted by Gasteiger charge is 2.64. The van der Waals surface area contributed by atoms with Crippen molar-refractivity contribution in [2.45, 2.75) is 135 Å². The number of sulfonamides is 1. The van der Waals surface area contributed by atoms with Crippen LogP contribution in [0.25, 0.3) is 0 Å². The van der Waals surface area contributed by atoms with Gasteiger partial charge in [0.15, 0.2) is 0 Å². The van der Waals surface area contributed by atoms with Crippen LogP contribution in [-0.4, -0.2) is 60.6 Å². The fourth-order valence-corrected chi connectivity index (χ4v) is 12.8. The van der Waals surface area contributed by atoms with Crippen molar-refractivity contribution >= 4 is 16.1 Å². The highest BCUT2D eigenvalue weighted by molar-refractivity contribution is 7.90. The lowest BCUT2D eigenvalue weighted by Crippen LogP contribution is -2.62. The van der Waals surface area contributed by atoms with E-state index in [2.05, 4.69) is 32.4 Å². The summed E-state index contributed by atoms with van der Waals surface area (Å²) in [7, 11) is -1.91. The molecule has 3 unspecified atom stereocenters. The second-order valence-electron chi connectivity index (χ2n) is 15.5. The number of aliphatic hydroxyl groups is 2. The minimum Gasteiger partial charge on any atom is -0.393 e. The molecule has 0 radical (unpaired) electrons. The van der Waals surface area contributed by atoms with Gasteiger partial charge in [0.1, 0.15) is 0 Å². The van der Waals surface area contributed by atoms with Crippen LogP contribution in [0.1, 0.15) is 118 Å². The zero-order valence-corrected chi connectivity index (χ0v) is 27.2. The van der Waals surface area contributed by atoms with Gasteiger partial charge in [-0.25, -0.2) is 17.9 Å². The Morgan fingerprint density at radius 3 is 2.29 bits per heavy atom. The first-order chi connectivity index (χ1) is 19.3. The van der Waals surface area contributed by atoms with Gasteiger partial charge in [-0.2, -0.15) is 0 Å². The van der Waals surface area contributed by atoms with Crippen LogP contribution in [0.4, 0.5) is 4.79 Å². The van der Waals surface area contributed by atoms with Crippen molar-refractivity contribution in [2.75, 3.05) is 13.6 Å². The number of aliphatic hydroxyl groups excluding tert-OH is 2. The molecule has 3 N–H and O–H groups in total. The van der Waals surface area contributed by atoms with E-state index in [4.69, 9.17) is 0 Å². The molecule has 2 amide bonds.